The predicted octanol–water partition coefficient (Wildman–Crippen LogP) is -0.531. The van der Waals surface area contributed by atoms with Crippen molar-refractivity contribution in [3.8, 4) is 0 Å². The monoisotopic (exact) mass is 358 g/mol. The summed E-state index contributed by atoms with van der Waals surface area (Å²) in [5.41, 5.74) is 0.436. The summed E-state index contributed by atoms with van der Waals surface area (Å²) >= 11 is 1.29. The number of amides is 2. The fraction of sp³-hybridized carbons (Fsp3) is 0.500. The Morgan fingerprint density at radius 3 is 2.96 bits per heavy atom. The maximum absolute atomic E-state index is 12.1. The van der Waals surface area contributed by atoms with Crippen LogP contribution in [0.1, 0.15) is 18.0 Å². The van der Waals surface area contributed by atoms with E-state index >= 15 is 0 Å². The topological polar surface area (TPSA) is 127 Å². The summed E-state index contributed by atoms with van der Waals surface area (Å²) in [4.78, 5) is 32.0. The van der Waals surface area contributed by atoms with Crippen molar-refractivity contribution in [1.82, 2.24) is 15.3 Å². The molecule has 2 N–H and O–H groups in total. The van der Waals surface area contributed by atoms with Crippen LogP contribution in [-0.2, 0) is 23.9 Å². The van der Waals surface area contributed by atoms with E-state index in [1.54, 1.807) is 0 Å². The first-order valence-corrected chi connectivity index (χ1v) is 9.56. The number of carbonyl (C=O) groups is 2. The number of fused-ring (bicyclic) bond motifs is 1. The van der Waals surface area contributed by atoms with Crippen molar-refractivity contribution in [1.29, 1.82) is 0 Å². The first-order chi connectivity index (χ1) is 10.8. The van der Waals surface area contributed by atoms with Gasteiger partial charge in [0.25, 0.3) is 10.1 Å². The van der Waals surface area contributed by atoms with E-state index in [0.717, 1.165) is 6.26 Å². The number of nitrogens with zero attached hydrogens (tertiary/aromatic N) is 2. The largest absolute Gasteiger partial charge is 0.350 e. The standard InChI is InChI=1S/C12H14N4O5S2/c1-23(19,20)21-4-6-2-7(11(18)14-6)8-3-13-12-10(15-8)16-9(17)5-22-12/h3,6-7H,2,4-5H2,1H3,(H,14,18)(H,15,16,17)/t6?,7-/m1/s1. The molecule has 2 atom stereocenters. The summed E-state index contributed by atoms with van der Waals surface area (Å²) in [5.74, 6) is -0.340. The van der Waals surface area contributed by atoms with E-state index in [1.807, 2.05) is 0 Å². The molecule has 1 aromatic heterocycles. The molecule has 2 amide bonds. The maximum atomic E-state index is 12.1. The van der Waals surface area contributed by atoms with Crippen LogP contribution in [0, 0.1) is 0 Å². The van der Waals surface area contributed by atoms with Crippen molar-refractivity contribution in [2.45, 2.75) is 23.4 Å². The van der Waals surface area contributed by atoms with Crippen molar-refractivity contribution in [3.63, 3.8) is 0 Å². The molecule has 0 radical (unpaired) electrons. The molecule has 0 aromatic carbocycles. The molecular formula is C12H14N4O5S2. The van der Waals surface area contributed by atoms with Crippen molar-refractivity contribution in [2.24, 2.45) is 0 Å². The van der Waals surface area contributed by atoms with Crippen molar-refractivity contribution < 1.29 is 22.2 Å². The van der Waals surface area contributed by atoms with E-state index in [4.69, 9.17) is 4.18 Å². The first-order valence-electron chi connectivity index (χ1n) is 6.76. The molecule has 0 saturated carbocycles. The average molecular weight is 358 g/mol. The molecule has 3 rings (SSSR count). The molecule has 9 nitrogen and oxygen atoms in total. The highest BCUT2D eigenvalue weighted by Crippen LogP contribution is 2.31. The van der Waals surface area contributed by atoms with Crippen LogP contribution in [0.25, 0.3) is 0 Å². The van der Waals surface area contributed by atoms with Gasteiger partial charge in [0.2, 0.25) is 11.8 Å². The van der Waals surface area contributed by atoms with Gasteiger partial charge in [0.1, 0.15) is 5.03 Å². The highest BCUT2D eigenvalue weighted by atomic mass is 32.2. The third-order valence-corrected chi connectivity index (χ3v) is 4.92. The summed E-state index contributed by atoms with van der Waals surface area (Å²) in [6, 6.07) is -0.413. The molecule has 11 heteroatoms. The summed E-state index contributed by atoms with van der Waals surface area (Å²) in [6.07, 6.45) is 2.81. The molecular weight excluding hydrogens is 344 g/mol. The van der Waals surface area contributed by atoms with Crippen LogP contribution in [0.3, 0.4) is 0 Å². The summed E-state index contributed by atoms with van der Waals surface area (Å²) < 4.78 is 26.7. The van der Waals surface area contributed by atoms with Gasteiger partial charge in [-0.15, -0.1) is 0 Å². The third-order valence-electron chi connectivity index (χ3n) is 3.38. The lowest BCUT2D eigenvalue weighted by atomic mass is 10.0. The smallest absolute Gasteiger partial charge is 0.264 e. The zero-order chi connectivity index (χ0) is 16.6. The Hall–Kier alpha value is -1.72. The van der Waals surface area contributed by atoms with E-state index in [-0.39, 0.29) is 24.2 Å². The first kappa shape index (κ1) is 16.1. The SMILES string of the molecule is CS(=O)(=O)OCC1C[C@H](c2cnc3c(n2)NC(=O)CS3)C(=O)N1. The number of hydrogen-bond donors (Lipinski definition) is 2. The molecule has 2 aliphatic rings. The second kappa shape index (κ2) is 6.06. The maximum Gasteiger partial charge on any atom is 0.264 e. The van der Waals surface area contributed by atoms with Gasteiger partial charge in [-0.2, -0.15) is 8.42 Å². The van der Waals surface area contributed by atoms with Crippen LogP contribution in [0.4, 0.5) is 5.82 Å². The number of aromatic nitrogens is 2. The lowest BCUT2D eigenvalue weighted by Gasteiger charge is -2.16. The van der Waals surface area contributed by atoms with Gasteiger partial charge in [0.15, 0.2) is 5.82 Å². The van der Waals surface area contributed by atoms with Crippen LogP contribution >= 0.6 is 11.8 Å². The second-order valence-electron chi connectivity index (χ2n) is 5.27. The molecule has 23 heavy (non-hydrogen) atoms. The fourth-order valence-corrected chi connectivity index (χ4v) is 3.48. The van der Waals surface area contributed by atoms with Gasteiger partial charge in [0.05, 0.1) is 42.5 Å². The molecule has 2 aliphatic heterocycles. The van der Waals surface area contributed by atoms with Crippen LogP contribution < -0.4 is 10.6 Å². The molecule has 3 heterocycles. The van der Waals surface area contributed by atoms with E-state index in [1.165, 1.54) is 18.0 Å². The Bertz CT molecular complexity index is 767. The fourth-order valence-electron chi connectivity index (χ4n) is 2.37. The molecule has 1 saturated heterocycles. The second-order valence-corrected chi connectivity index (χ2v) is 7.88. The highest BCUT2D eigenvalue weighted by molar-refractivity contribution is 8.00. The Labute approximate surface area is 136 Å². The van der Waals surface area contributed by atoms with Crippen LogP contribution in [0.15, 0.2) is 11.2 Å². The molecule has 0 bridgehead atoms. The van der Waals surface area contributed by atoms with Crippen molar-refractivity contribution in [3.05, 3.63) is 11.9 Å². The molecule has 1 unspecified atom stereocenters. The van der Waals surface area contributed by atoms with Gasteiger partial charge in [-0.1, -0.05) is 11.8 Å². The average Bonchev–Trinajstić information content (AvgIpc) is 2.85. The number of thioether (sulfide) groups is 1. The minimum atomic E-state index is -3.56. The summed E-state index contributed by atoms with van der Waals surface area (Å²) in [7, 11) is -3.56. The Balaban J connectivity index is 1.73. The number of anilines is 1. The van der Waals surface area contributed by atoms with Crippen LogP contribution in [0.2, 0.25) is 0 Å². The quantitative estimate of drug-likeness (QED) is 0.688. The zero-order valence-electron chi connectivity index (χ0n) is 12.1. The molecule has 1 aromatic rings. The van der Waals surface area contributed by atoms with Gasteiger partial charge in [-0.05, 0) is 6.42 Å². The zero-order valence-corrected chi connectivity index (χ0v) is 13.7. The Morgan fingerprint density at radius 2 is 2.22 bits per heavy atom. The molecule has 0 aliphatic carbocycles. The third kappa shape index (κ3) is 3.79. The van der Waals surface area contributed by atoms with Gasteiger partial charge in [-0.25, -0.2) is 9.97 Å². The van der Waals surface area contributed by atoms with Crippen LogP contribution in [-0.4, -0.2) is 54.9 Å². The normalized spacial score (nSPS) is 24.0. The van der Waals surface area contributed by atoms with Gasteiger partial charge in [0, 0.05) is 0 Å². The predicted molar refractivity (Wildman–Crippen MR) is 81.5 cm³/mol. The number of nitrogens with one attached hydrogen (secondary N) is 2. The van der Waals surface area contributed by atoms with E-state index < -0.39 is 22.1 Å². The number of carbonyl (C=O) groups excluding carboxylic acids is 2. The number of hydrogen-bond acceptors (Lipinski definition) is 8. The molecule has 124 valence electrons. The minimum absolute atomic E-state index is 0.119. The number of rotatable bonds is 4. The summed E-state index contributed by atoms with van der Waals surface area (Å²) in [6.45, 7) is -0.119. The van der Waals surface area contributed by atoms with Crippen molar-refractivity contribution in [2.75, 3.05) is 23.9 Å². The van der Waals surface area contributed by atoms with E-state index in [2.05, 4.69) is 20.6 Å². The summed E-state index contributed by atoms with van der Waals surface area (Å²) in [5, 5.41) is 5.92. The molecule has 1 fully saturated rings. The van der Waals surface area contributed by atoms with Gasteiger partial charge in [-0.3, -0.25) is 13.8 Å². The van der Waals surface area contributed by atoms with E-state index in [0.29, 0.717) is 23.0 Å². The lowest BCUT2D eigenvalue weighted by molar-refractivity contribution is -0.120. The molecule has 0 spiro atoms. The van der Waals surface area contributed by atoms with Crippen molar-refractivity contribution >= 4 is 39.5 Å². The Morgan fingerprint density at radius 1 is 1.43 bits per heavy atom. The highest BCUT2D eigenvalue weighted by Gasteiger charge is 2.35. The minimum Gasteiger partial charge on any atom is -0.350 e. The Kier molecular flexibility index (Phi) is 4.25. The van der Waals surface area contributed by atoms with Gasteiger partial charge < -0.3 is 10.6 Å². The lowest BCUT2D eigenvalue weighted by Crippen LogP contribution is -2.31. The van der Waals surface area contributed by atoms with Gasteiger partial charge >= 0.3 is 0 Å². The van der Waals surface area contributed by atoms with E-state index in [9.17, 15) is 18.0 Å². The van der Waals surface area contributed by atoms with Crippen LogP contribution in [0.5, 0.6) is 0 Å².